The van der Waals surface area contributed by atoms with Crippen LogP contribution in [0.2, 0.25) is 0 Å². The van der Waals surface area contributed by atoms with E-state index in [1.807, 2.05) is 6.92 Å². The van der Waals surface area contributed by atoms with E-state index in [9.17, 15) is 4.79 Å². The highest BCUT2D eigenvalue weighted by Gasteiger charge is 2.65. The van der Waals surface area contributed by atoms with Gasteiger partial charge in [0.05, 0.1) is 11.5 Å². The number of aliphatic hydroxyl groups excluding tert-OH is 1. The zero-order valence-electron chi connectivity index (χ0n) is 7.21. The predicted octanol–water partition coefficient (Wildman–Crippen LogP) is 1.01. The molecule has 3 nitrogen and oxygen atoms in total. The van der Waals surface area contributed by atoms with Crippen molar-refractivity contribution in [2.45, 2.75) is 38.7 Å². The Morgan fingerprint density at radius 3 is 2.17 bits per heavy atom. The van der Waals surface area contributed by atoms with Gasteiger partial charge < -0.3 is 10.2 Å². The lowest BCUT2D eigenvalue weighted by Crippen LogP contribution is -2.52. The number of carbonyl (C=O) groups is 1. The monoisotopic (exact) mass is 170 g/mol. The van der Waals surface area contributed by atoms with E-state index in [1.165, 1.54) is 0 Å². The minimum atomic E-state index is -0.715. The van der Waals surface area contributed by atoms with Crippen LogP contribution in [-0.4, -0.2) is 22.3 Å². The van der Waals surface area contributed by atoms with Gasteiger partial charge in [-0.25, -0.2) is 0 Å². The smallest absolute Gasteiger partial charge is 0.310 e. The third-order valence-corrected chi connectivity index (χ3v) is 3.73. The minimum absolute atomic E-state index is 0.0158. The van der Waals surface area contributed by atoms with E-state index in [0.717, 1.165) is 12.8 Å². The summed E-state index contributed by atoms with van der Waals surface area (Å²) >= 11 is 0. The summed E-state index contributed by atoms with van der Waals surface area (Å²) in [5, 5.41) is 18.2. The lowest BCUT2D eigenvalue weighted by molar-refractivity contribution is -0.172. The molecule has 2 rings (SSSR count). The lowest BCUT2D eigenvalue weighted by atomic mass is 9.58. The molecule has 0 aromatic heterocycles. The molecule has 0 aliphatic heterocycles. The average molecular weight is 170 g/mol. The molecule has 68 valence electrons. The van der Waals surface area contributed by atoms with Gasteiger partial charge in [0.1, 0.15) is 0 Å². The maximum Gasteiger partial charge on any atom is 0.310 e. The highest BCUT2D eigenvalue weighted by Crippen LogP contribution is 2.66. The molecular formula is C9H14O3. The first-order valence-corrected chi connectivity index (χ1v) is 4.42. The standard InChI is InChI=1S/C9H14O3/c1-8(2-3-8)9(7(11)12)4-6(10)5-9/h6,10H,2-5H2,1H3,(H,11,12). The highest BCUT2D eigenvalue weighted by atomic mass is 16.4. The van der Waals surface area contributed by atoms with Crippen LogP contribution in [0, 0.1) is 10.8 Å². The molecule has 0 amide bonds. The van der Waals surface area contributed by atoms with Crippen molar-refractivity contribution in [3.63, 3.8) is 0 Å². The van der Waals surface area contributed by atoms with Gasteiger partial charge in [-0.1, -0.05) is 6.92 Å². The van der Waals surface area contributed by atoms with Crippen LogP contribution < -0.4 is 0 Å². The first-order chi connectivity index (χ1) is 5.50. The van der Waals surface area contributed by atoms with Gasteiger partial charge in [-0.15, -0.1) is 0 Å². The van der Waals surface area contributed by atoms with Crippen LogP contribution in [0.1, 0.15) is 32.6 Å². The second-order valence-electron chi connectivity index (χ2n) is 4.51. The first-order valence-electron chi connectivity index (χ1n) is 4.42. The Morgan fingerprint density at radius 1 is 1.42 bits per heavy atom. The summed E-state index contributed by atoms with van der Waals surface area (Å²) in [6, 6.07) is 0. The molecule has 0 unspecified atom stereocenters. The van der Waals surface area contributed by atoms with Crippen LogP contribution in [0.4, 0.5) is 0 Å². The molecule has 2 fully saturated rings. The Kier molecular flexibility index (Phi) is 1.35. The molecule has 2 aliphatic rings. The van der Waals surface area contributed by atoms with Gasteiger partial charge >= 0.3 is 5.97 Å². The van der Waals surface area contributed by atoms with E-state index >= 15 is 0 Å². The quantitative estimate of drug-likeness (QED) is 0.650. The summed E-state index contributed by atoms with van der Waals surface area (Å²) in [4.78, 5) is 11.0. The summed E-state index contributed by atoms with van der Waals surface area (Å²) in [7, 11) is 0. The van der Waals surface area contributed by atoms with Crippen LogP contribution in [0.3, 0.4) is 0 Å². The Balaban J connectivity index is 2.20. The van der Waals surface area contributed by atoms with Crippen LogP contribution >= 0.6 is 0 Å². The molecule has 0 saturated heterocycles. The summed E-state index contributed by atoms with van der Waals surface area (Å²) in [5.74, 6) is -0.715. The maximum atomic E-state index is 11.0. The Labute approximate surface area is 71.4 Å². The first kappa shape index (κ1) is 8.05. The van der Waals surface area contributed by atoms with E-state index in [1.54, 1.807) is 0 Å². The van der Waals surface area contributed by atoms with Crippen molar-refractivity contribution in [1.29, 1.82) is 0 Å². The normalized spacial score (nSPS) is 43.3. The van der Waals surface area contributed by atoms with Crippen molar-refractivity contribution in [3.05, 3.63) is 0 Å². The molecule has 2 saturated carbocycles. The van der Waals surface area contributed by atoms with Crippen LogP contribution in [0.5, 0.6) is 0 Å². The van der Waals surface area contributed by atoms with Gasteiger partial charge in [0.2, 0.25) is 0 Å². The van der Waals surface area contributed by atoms with Gasteiger partial charge in [0, 0.05) is 0 Å². The van der Waals surface area contributed by atoms with Gasteiger partial charge in [0.25, 0.3) is 0 Å². The van der Waals surface area contributed by atoms with Gasteiger partial charge in [-0.2, -0.15) is 0 Å². The molecule has 0 radical (unpaired) electrons. The fraction of sp³-hybridized carbons (Fsp3) is 0.889. The molecule has 0 bridgehead atoms. The second kappa shape index (κ2) is 2.02. The fourth-order valence-electron chi connectivity index (χ4n) is 2.34. The number of hydrogen-bond donors (Lipinski definition) is 2. The molecule has 0 atom stereocenters. The van der Waals surface area contributed by atoms with Crippen molar-refractivity contribution in [2.75, 3.05) is 0 Å². The maximum absolute atomic E-state index is 11.0. The van der Waals surface area contributed by atoms with Gasteiger partial charge in [-0.3, -0.25) is 4.79 Å². The van der Waals surface area contributed by atoms with Crippen LogP contribution in [0.25, 0.3) is 0 Å². The van der Waals surface area contributed by atoms with Gasteiger partial charge in [0.15, 0.2) is 0 Å². The van der Waals surface area contributed by atoms with Gasteiger partial charge in [-0.05, 0) is 31.1 Å². The number of aliphatic hydroxyl groups is 1. The van der Waals surface area contributed by atoms with E-state index in [-0.39, 0.29) is 11.5 Å². The SMILES string of the molecule is CC1(C2(C(=O)O)CC(O)C2)CC1. The molecular weight excluding hydrogens is 156 g/mol. The summed E-state index contributed by atoms with van der Waals surface area (Å²) in [6.45, 7) is 2.02. The Morgan fingerprint density at radius 2 is 1.92 bits per heavy atom. The topological polar surface area (TPSA) is 57.5 Å². The number of rotatable bonds is 2. The highest BCUT2D eigenvalue weighted by molar-refractivity contribution is 5.78. The summed E-state index contributed by atoms with van der Waals surface area (Å²) in [6.07, 6.45) is 2.55. The van der Waals surface area contributed by atoms with Crippen molar-refractivity contribution in [2.24, 2.45) is 10.8 Å². The molecule has 0 heterocycles. The number of carboxylic acids is 1. The molecule has 0 spiro atoms. The minimum Gasteiger partial charge on any atom is -0.481 e. The molecule has 2 N–H and O–H groups in total. The number of carboxylic acid groups (broad SMARTS) is 1. The zero-order valence-corrected chi connectivity index (χ0v) is 7.21. The largest absolute Gasteiger partial charge is 0.481 e. The van der Waals surface area contributed by atoms with Crippen LogP contribution in [0.15, 0.2) is 0 Å². The molecule has 2 aliphatic carbocycles. The number of aliphatic carboxylic acids is 1. The number of hydrogen-bond acceptors (Lipinski definition) is 2. The average Bonchev–Trinajstić information content (AvgIpc) is 2.61. The lowest BCUT2D eigenvalue weighted by Gasteiger charge is -2.46. The second-order valence-corrected chi connectivity index (χ2v) is 4.51. The summed E-state index contributed by atoms with van der Waals surface area (Å²) in [5.41, 5.74) is -0.607. The Bertz CT molecular complexity index is 224. The van der Waals surface area contributed by atoms with Crippen molar-refractivity contribution < 1.29 is 15.0 Å². The molecule has 0 aromatic rings. The Hall–Kier alpha value is -0.570. The van der Waals surface area contributed by atoms with E-state index in [4.69, 9.17) is 10.2 Å². The zero-order chi connectivity index (χ0) is 8.98. The van der Waals surface area contributed by atoms with Crippen molar-refractivity contribution in [3.8, 4) is 0 Å². The van der Waals surface area contributed by atoms with E-state index in [2.05, 4.69) is 0 Å². The van der Waals surface area contributed by atoms with E-state index < -0.39 is 11.4 Å². The third-order valence-electron chi connectivity index (χ3n) is 3.73. The predicted molar refractivity (Wildman–Crippen MR) is 42.7 cm³/mol. The fourth-order valence-corrected chi connectivity index (χ4v) is 2.34. The third kappa shape index (κ3) is 0.774. The van der Waals surface area contributed by atoms with Crippen molar-refractivity contribution in [1.82, 2.24) is 0 Å². The molecule has 0 aromatic carbocycles. The molecule has 12 heavy (non-hydrogen) atoms. The summed E-state index contributed by atoms with van der Waals surface area (Å²) < 4.78 is 0. The van der Waals surface area contributed by atoms with Crippen molar-refractivity contribution >= 4 is 5.97 Å². The molecule has 3 heteroatoms. The van der Waals surface area contributed by atoms with E-state index in [0.29, 0.717) is 12.8 Å². The van der Waals surface area contributed by atoms with Crippen LogP contribution in [-0.2, 0) is 4.79 Å².